The highest BCUT2D eigenvalue weighted by atomic mass is 32.1. The molecule has 0 amide bonds. The molecule has 0 aromatic heterocycles. The lowest BCUT2D eigenvalue weighted by atomic mass is 9.86. The van der Waals surface area contributed by atoms with Gasteiger partial charge in [0.15, 0.2) is 10.2 Å². The van der Waals surface area contributed by atoms with Crippen LogP contribution in [0.4, 0.5) is 11.4 Å². The molecule has 6 heteroatoms. The van der Waals surface area contributed by atoms with E-state index in [1.165, 1.54) is 44.5 Å². The Morgan fingerprint density at radius 1 is 0.288 bits per heavy atom. The second-order valence-corrected chi connectivity index (χ2v) is 17.4. The van der Waals surface area contributed by atoms with E-state index in [1.807, 2.05) is 0 Å². The van der Waals surface area contributed by atoms with Crippen molar-refractivity contribution in [2.75, 3.05) is 10.6 Å². The molecule has 0 radical (unpaired) electrons. The van der Waals surface area contributed by atoms with Gasteiger partial charge in [-0.15, -0.1) is 0 Å². The van der Waals surface area contributed by atoms with Gasteiger partial charge in [-0.25, -0.2) is 0 Å². The van der Waals surface area contributed by atoms with Gasteiger partial charge in [0.2, 0.25) is 0 Å². The number of nitrogens with one attached hydrogen (secondary N) is 4. The van der Waals surface area contributed by atoms with Gasteiger partial charge in [-0.05, 0) is 128 Å². The third kappa shape index (κ3) is 10.8. The lowest BCUT2D eigenvalue weighted by Crippen LogP contribution is -2.54. The van der Waals surface area contributed by atoms with Crippen molar-refractivity contribution in [3.05, 3.63) is 275 Å². The lowest BCUT2D eigenvalue weighted by Gasteiger charge is -2.34. The van der Waals surface area contributed by atoms with Crippen molar-refractivity contribution in [3.8, 4) is 0 Å². The number of benzene rings is 8. The van der Waals surface area contributed by atoms with E-state index in [0.29, 0.717) is 10.2 Å². The predicted molar refractivity (Wildman–Crippen MR) is 286 cm³/mol. The molecular formula is C60H52N4S2. The molecule has 1 saturated carbocycles. The molecular weight excluding hydrogens is 841 g/mol. The Kier molecular flexibility index (Phi) is 14.3. The van der Waals surface area contributed by atoms with Crippen LogP contribution < -0.4 is 21.3 Å². The summed E-state index contributed by atoms with van der Waals surface area (Å²) in [6.07, 6.45) is 4.23. The minimum atomic E-state index is 0.111. The van der Waals surface area contributed by atoms with E-state index < -0.39 is 0 Å². The zero-order valence-electron chi connectivity index (χ0n) is 36.7. The Morgan fingerprint density at radius 3 is 0.727 bits per heavy atom. The van der Waals surface area contributed by atoms with Crippen LogP contribution in [0.2, 0.25) is 0 Å². The van der Waals surface area contributed by atoms with Crippen LogP contribution >= 0.6 is 24.4 Å². The van der Waals surface area contributed by atoms with E-state index in [-0.39, 0.29) is 12.1 Å². The fourth-order valence-electron chi connectivity index (χ4n) is 9.04. The Labute approximate surface area is 400 Å². The van der Waals surface area contributed by atoms with Gasteiger partial charge >= 0.3 is 0 Å². The van der Waals surface area contributed by atoms with E-state index in [2.05, 4.69) is 252 Å². The summed E-state index contributed by atoms with van der Waals surface area (Å²) >= 11 is 11.9. The number of rotatable bonds is 12. The van der Waals surface area contributed by atoms with Gasteiger partial charge in [0.25, 0.3) is 0 Å². The lowest BCUT2D eigenvalue weighted by molar-refractivity contribution is 0.340. The molecule has 8 aromatic carbocycles. The van der Waals surface area contributed by atoms with E-state index in [0.717, 1.165) is 59.3 Å². The number of hydrogen-bond donors (Lipinski definition) is 4. The molecule has 4 nitrogen and oxygen atoms in total. The largest absolute Gasteiger partial charge is 0.358 e. The van der Waals surface area contributed by atoms with E-state index in [1.54, 1.807) is 0 Å². The van der Waals surface area contributed by atoms with Gasteiger partial charge in [0.1, 0.15) is 0 Å². The number of anilines is 2. The highest BCUT2D eigenvalue weighted by Crippen LogP contribution is 2.39. The van der Waals surface area contributed by atoms with E-state index in [9.17, 15) is 0 Å². The molecule has 4 N–H and O–H groups in total. The topological polar surface area (TPSA) is 48.1 Å². The zero-order chi connectivity index (χ0) is 44.9. The molecule has 1 fully saturated rings. The molecule has 66 heavy (non-hydrogen) atoms. The Bertz CT molecular complexity index is 2620. The monoisotopic (exact) mass is 892 g/mol. The minimum absolute atomic E-state index is 0.111. The van der Waals surface area contributed by atoms with Gasteiger partial charge in [0.05, 0.1) is 0 Å². The quantitative estimate of drug-likeness (QED) is 0.0724. The zero-order valence-corrected chi connectivity index (χ0v) is 38.4. The van der Waals surface area contributed by atoms with Crippen LogP contribution in [0.3, 0.4) is 0 Å². The normalized spacial score (nSPS) is 14.2. The van der Waals surface area contributed by atoms with Crippen molar-refractivity contribution in [1.82, 2.24) is 10.6 Å². The molecule has 0 heterocycles. The fraction of sp³-hybridized carbons (Fsp3) is 0.100. The van der Waals surface area contributed by atoms with Crippen LogP contribution in [0.5, 0.6) is 0 Å². The van der Waals surface area contributed by atoms with Crippen molar-refractivity contribution >= 4 is 68.3 Å². The summed E-state index contributed by atoms with van der Waals surface area (Å²) < 4.78 is 0. The molecule has 0 aliphatic heterocycles. The molecule has 0 spiro atoms. The first-order valence-corrected chi connectivity index (χ1v) is 23.6. The van der Waals surface area contributed by atoms with Gasteiger partial charge in [-0.1, -0.05) is 219 Å². The molecule has 2 atom stereocenters. The summed E-state index contributed by atoms with van der Waals surface area (Å²) in [5, 5.41) is 15.4. The van der Waals surface area contributed by atoms with Gasteiger partial charge in [0, 0.05) is 23.5 Å². The van der Waals surface area contributed by atoms with Crippen LogP contribution in [-0.2, 0) is 0 Å². The smallest absolute Gasteiger partial charge is 0.171 e. The summed E-state index contributed by atoms with van der Waals surface area (Å²) in [4.78, 5) is 0. The highest BCUT2D eigenvalue weighted by Gasteiger charge is 2.27. The number of thiocarbonyl (C=S) groups is 2. The average molecular weight is 893 g/mol. The number of hydrogen-bond acceptors (Lipinski definition) is 2. The minimum Gasteiger partial charge on any atom is -0.358 e. The molecule has 8 aromatic rings. The second-order valence-electron chi connectivity index (χ2n) is 16.5. The van der Waals surface area contributed by atoms with Gasteiger partial charge < -0.3 is 21.3 Å². The van der Waals surface area contributed by atoms with Crippen LogP contribution in [0.15, 0.2) is 231 Å². The Morgan fingerprint density at radius 2 is 0.500 bits per heavy atom. The van der Waals surface area contributed by atoms with Crippen LogP contribution in [-0.4, -0.2) is 22.3 Å². The van der Waals surface area contributed by atoms with Gasteiger partial charge in [-0.3, -0.25) is 0 Å². The van der Waals surface area contributed by atoms with Crippen LogP contribution in [0, 0.1) is 0 Å². The van der Waals surface area contributed by atoms with E-state index in [4.69, 9.17) is 24.4 Å². The van der Waals surface area contributed by atoms with Crippen molar-refractivity contribution < 1.29 is 0 Å². The van der Waals surface area contributed by atoms with Crippen molar-refractivity contribution in [2.24, 2.45) is 0 Å². The Hall–Kier alpha value is -7.38. The van der Waals surface area contributed by atoms with Crippen molar-refractivity contribution in [1.29, 1.82) is 0 Å². The summed E-state index contributed by atoms with van der Waals surface area (Å²) in [6.45, 7) is 0. The molecule has 0 bridgehead atoms. The van der Waals surface area contributed by atoms with Gasteiger partial charge in [-0.2, -0.15) is 0 Å². The second kappa shape index (κ2) is 21.5. The molecule has 1 aliphatic rings. The predicted octanol–water partition coefficient (Wildman–Crippen LogP) is 14.3. The summed E-state index contributed by atoms with van der Waals surface area (Å²) in [5.74, 6) is 0. The fourth-order valence-corrected chi connectivity index (χ4v) is 9.58. The first-order chi connectivity index (χ1) is 32.6. The summed E-state index contributed by atoms with van der Waals surface area (Å²) in [5.41, 5.74) is 15.8. The highest BCUT2D eigenvalue weighted by molar-refractivity contribution is 7.80. The van der Waals surface area contributed by atoms with Crippen LogP contribution in [0.25, 0.3) is 22.3 Å². The SMILES string of the molecule is S=C(Nc1ccc(C(=C(c2ccccc2)c2ccccc2)c2ccccc2)cc1)N[C@@H]1CCCC[C@H]1NC(=S)Nc1ccc(C(=C(c2ccccc2)c2ccccc2)c2ccccc2)cc1. The molecule has 9 rings (SSSR count). The maximum Gasteiger partial charge on any atom is 0.171 e. The third-order valence-corrected chi connectivity index (χ3v) is 12.6. The first kappa shape index (κ1) is 43.9. The third-order valence-electron chi connectivity index (χ3n) is 12.1. The molecule has 0 unspecified atom stereocenters. The van der Waals surface area contributed by atoms with Crippen LogP contribution in [0.1, 0.15) is 70.2 Å². The Balaban J connectivity index is 0.890. The standard InChI is InChI=1S/C60H52N4S2/c65-59(61-51-39-35-49(36-40-51)57(47-29-15-5-16-30-47)55(43-21-7-1-8-22-43)44-23-9-2-10-24-44)63-53-33-19-20-34-54(53)64-60(66)62-52-41-37-50(38-42-52)58(48-31-17-6-18-32-48)56(45-25-11-3-12-26-45)46-27-13-4-14-28-46/h1-18,21-32,35-42,53-54H,19-20,33-34H2,(H2,61,63,65)(H2,62,64,66)/t53-,54-/m1/s1. The molecule has 0 saturated heterocycles. The summed E-state index contributed by atoms with van der Waals surface area (Å²) in [6, 6.07) is 81.3. The first-order valence-electron chi connectivity index (χ1n) is 22.7. The van der Waals surface area contributed by atoms with Crippen molar-refractivity contribution in [3.63, 3.8) is 0 Å². The van der Waals surface area contributed by atoms with Crippen molar-refractivity contribution in [2.45, 2.75) is 37.8 Å². The van der Waals surface area contributed by atoms with E-state index >= 15 is 0 Å². The average Bonchev–Trinajstić information content (AvgIpc) is 3.37. The molecule has 1 aliphatic carbocycles. The molecule has 324 valence electrons. The maximum absolute atomic E-state index is 5.96. The summed E-state index contributed by atoms with van der Waals surface area (Å²) in [7, 11) is 0. The maximum atomic E-state index is 5.96.